The number of fused-ring (bicyclic) bond motifs is 1. The first kappa shape index (κ1) is 14.2. The summed E-state index contributed by atoms with van der Waals surface area (Å²) >= 11 is 0. The van der Waals surface area contributed by atoms with Crippen LogP contribution in [0.5, 0.6) is 0 Å². The quantitative estimate of drug-likeness (QED) is 0.887. The molecule has 0 saturated carbocycles. The van der Waals surface area contributed by atoms with Gasteiger partial charge in [-0.05, 0) is 48.4 Å². The van der Waals surface area contributed by atoms with Crippen molar-refractivity contribution in [1.82, 2.24) is 0 Å². The topological polar surface area (TPSA) is 21.3 Å². The number of methoxy groups -OCH3 is 1. The molecule has 3 rings (SSSR count). The van der Waals surface area contributed by atoms with E-state index < -0.39 is 0 Å². The second-order valence-corrected chi connectivity index (χ2v) is 5.83. The summed E-state index contributed by atoms with van der Waals surface area (Å²) in [5.74, 6) is 0. The van der Waals surface area contributed by atoms with E-state index in [-0.39, 0.29) is 0 Å². The number of nitrogens with one attached hydrogen (secondary N) is 1. The summed E-state index contributed by atoms with van der Waals surface area (Å²) in [6.07, 6.45) is 4.75. The summed E-state index contributed by atoms with van der Waals surface area (Å²) in [4.78, 5) is 0. The van der Waals surface area contributed by atoms with E-state index >= 15 is 0 Å². The highest BCUT2D eigenvalue weighted by molar-refractivity contribution is 5.53. The van der Waals surface area contributed by atoms with E-state index in [2.05, 4.69) is 53.8 Å². The molecule has 1 unspecified atom stereocenters. The third-order valence-corrected chi connectivity index (χ3v) is 4.25. The Morgan fingerprint density at radius 1 is 1.05 bits per heavy atom. The van der Waals surface area contributed by atoms with Crippen molar-refractivity contribution >= 4 is 5.69 Å². The van der Waals surface area contributed by atoms with Gasteiger partial charge in [-0.3, -0.25) is 0 Å². The molecule has 110 valence electrons. The third kappa shape index (κ3) is 3.64. The number of hydrogen-bond donors (Lipinski definition) is 1. The SMILES string of the molecule is COCc1ccc(CCC2CCc3ccccc3N2)cc1. The summed E-state index contributed by atoms with van der Waals surface area (Å²) in [6.45, 7) is 0.696. The van der Waals surface area contributed by atoms with Crippen molar-refractivity contribution in [3.05, 3.63) is 65.2 Å². The fourth-order valence-corrected chi connectivity index (χ4v) is 3.03. The van der Waals surface area contributed by atoms with E-state index in [4.69, 9.17) is 4.74 Å². The van der Waals surface area contributed by atoms with Crippen molar-refractivity contribution in [3.8, 4) is 0 Å². The van der Waals surface area contributed by atoms with E-state index in [1.807, 2.05) is 0 Å². The molecule has 2 aromatic rings. The highest BCUT2D eigenvalue weighted by atomic mass is 16.5. The maximum Gasteiger partial charge on any atom is 0.0713 e. The molecule has 0 spiro atoms. The Bertz CT molecular complexity index is 576. The summed E-state index contributed by atoms with van der Waals surface area (Å²) in [5.41, 5.74) is 5.43. The predicted molar refractivity (Wildman–Crippen MR) is 87.6 cm³/mol. The Labute approximate surface area is 127 Å². The van der Waals surface area contributed by atoms with E-state index in [0.717, 1.165) is 6.42 Å². The number of aryl methyl sites for hydroxylation is 2. The molecule has 2 heteroatoms. The smallest absolute Gasteiger partial charge is 0.0713 e. The molecule has 0 aliphatic carbocycles. The number of anilines is 1. The van der Waals surface area contributed by atoms with Crippen LogP contribution in [0.25, 0.3) is 0 Å². The maximum atomic E-state index is 5.15. The van der Waals surface area contributed by atoms with Crippen LogP contribution in [-0.4, -0.2) is 13.2 Å². The van der Waals surface area contributed by atoms with E-state index in [9.17, 15) is 0 Å². The lowest BCUT2D eigenvalue weighted by atomic mass is 9.94. The van der Waals surface area contributed by atoms with Gasteiger partial charge in [-0.1, -0.05) is 42.5 Å². The van der Waals surface area contributed by atoms with Crippen LogP contribution in [0.1, 0.15) is 29.5 Å². The Morgan fingerprint density at radius 2 is 1.81 bits per heavy atom. The molecule has 0 amide bonds. The molecule has 1 aliphatic heterocycles. The Kier molecular flexibility index (Phi) is 4.56. The highest BCUT2D eigenvalue weighted by Crippen LogP contribution is 2.26. The third-order valence-electron chi connectivity index (χ3n) is 4.25. The van der Waals surface area contributed by atoms with Gasteiger partial charge in [0, 0.05) is 18.8 Å². The summed E-state index contributed by atoms with van der Waals surface area (Å²) in [6, 6.07) is 18.1. The van der Waals surface area contributed by atoms with Gasteiger partial charge in [-0.2, -0.15) is 0 Å². The standard InChI is InChI=1S/C19H23NO/c1-21-14-16-8-6-15(7-9-16)10-12-18-13-11-17-4-2-3-5-19(17)20-18/h2-9,18,20H,10-14H2,1H3. The molecular formula is C19H23NO. The van der Waals surface area contributed by atoms with E-state index in [1.165, 1.54) is 41.6 Å². The first-order valence-corrected chi connectivity index (χ1v) is 7.76. The van der Waals surface area contributed by atoms with Crippen molar-refractivity contribution < 1.29 is 4.74 Å². The monoisotopic (exact) mass is 281 g/mol. The molecule has 0 saturated heterocycles. The lowest BCUT2D eigenvalue weighted by Crippen LogP contribution is -2.25. The van der Waals surface area contributed by atoms with Gasteiger partial charge < -0.3 is 10.1 Å². The fourth-order valence-electron chi connectivity index (χ4n) is 3.03. The first-order chi connectivity index (χ1) is 10.3. The lowest BCUT2D eigenvalue weighted by Gasteiger charge is -2.27. The first-order valence-electron chi connectivity index (χ1n) is 7.76. The molecule has 21 heavy (non-hydrogen) atoms. The zero-order valence-corrected chi connectivity index (χ0v) is 12.6. The van der Waals surface area contributed by atoms with Gasteiger partial charge in [0.2, 0.25) is 0 Å². The Hall–Kier alpha value is -1.80. The van der Waals surface area contributed by atoms with Crippen LogP contribution in [0.2, 0.25) is 0 Å². The van der Waals surface area contributed by atoms with Crippen molar-refractivity contribution in [3.63, 3.8) is 0 Å². The van der Waals surface area contributed by atoms with Crippen LogP contribution < -0.4 is 5.32 Å². The van der Waals surface area contributed by atoms with Crippen LogP contribution in [-0.2, 0) is 24.2 Å². The second-order valence-electron chi connectivity index (χ2n) is 5.83. The van der Waals surface area contributed by atoms with Gasteiger partial charge in [0.25, 0.3) is 0 Å². The minimum atomic E-state index is 0.596. The molecule has 0 radical (unpaired) electrons. The normalized spacial score (nSPS) is 17.1. The van der Waals surface area contributed by atoms with E-state index in [0.29, 0.717) is 12.6 Å². The summed E-state index contributed by atoms with van der Waals surface area (Å²) < 4.78 is 5.15. The van der Waals surface area contributed by atoms with Crippen LogP contribution >= 0.6 is 0 Å². The van der Waals surface area contributed by atoms with Crippen molar-refractivity contribution in [2.75, 3.05) is 12.4 Å². The molecule has 0 aromatic heterocycles. The molecule has 1 heterocycles. The molecule has 2 nitrogen and oxygen atoms in total. The van der Waals surface area contributed by atoms with Crippen LogP contribution in [0.4, 0.5) is 5.69 Å². The largest absolute Gasteiger partial charge is 0.382 e. The van der Waals surface area contributed by atoms with Crippen LogP contribution in [0, 0.1) is 0 Å². The zero-order chi connectivity index (χ0) is 14.5. The average Bonchev–Trinajstić information content (AvgIpc) is 2.54. The van der Waals surface area contributed by atoms with Gasteiger partial charge in [0.15, 0.2) is 0 Å². The van der Waals surface area contributed by atoms with Gasteiger partial charge >= 0.3 is 0 Å². The summed E-state index contributed by atoms with van der Waals surface area (Å²) in [7, 11) is 1.74. The Morgan fingerprint density at radius 3 is 2.62 bits per heavy atom. The summed E-state index contributed by atoms with van der Waals surface area (Å²) in [5, 5.41) is 3.68. The lowest BCUT2D eigenvalue weighted by molar-refractivity contribution is 0.185. The molecule has 1 N–H and O–H groups in total. The number of ether oxygens (including phenoxy) is 1. The van der Waals surface area contributed by atoms with Crippen LogP contribution in [0.3, 0.4) is 0 Å². The number of para-hydroxylation sites is 1. The van der Waals surface area contributed by atoms with Gasteiger partial charge in [-0.15, -0.1) is 0 Å². The maximum absolute atomic E-state index is 5.15. The minimum Gasteiger partial charge on any atom is -0.382 e. The zero-order valence-electron chi connectivity index (χ0n) is 12.6. The van der Waals surface area contributed by atoms with Crippen molar-refractivity contribution in [2.24, 2.45) is 0 Å². The predicted octanol–water partition coefficient (Wildman–Crippen LogP) is 4.19. The fraction of sp³-hybridized carbons (Fsp3) is 0.368. The highest BCUT2D eigenvalue weighted by Gasteiger charge is 2.16. The number of benzene rings is 2. The molecule has 2 aromatic carbocycles. The van der Waals surface area contributed by atoms with Gasteiger partial charge in [0.05, 0.1) is 6.61 Å². The second kappa shape index (κ2) is 6.77. The minimum absolute atomic E-state index is 0.596. The number of hydrogen-bond acceptors (Lipinski definition) is 2. The molecule has 1 aliphatic rings. The average molecular weight is 281 g/mol. The van der Waals surface area contributed by atoms with Crippen molar-refractivity contribution in [2.45, 2.75) is 38.3 Å². The molecule has 0 bridgehead atoms. The molecular weight excluding hydrogens is 258 g/mol. The van der Waals surface area contributed by atoms with Crippen LogP contribution in [0.15, 0.2) is 48.5 Å². The molecule has 0 fully saturated rings. The van der Waals surface area contributed by atoms with Gasteiger partial charge in [0.1, 0.15) is 0 Å². The van der Waals surface area contributed by atoms with E-state index in [1.54, 1.807) is 7.11 Å². The van der Waals surface area contributed by atoms with Gasteiger partial charge in [-0.25, -0.2) is 0 Å². The molecule has 1 atom stereocenters. The number of rotatable bonds is 5. The Balaban J connectivity index is 1.54. The van der Waals surface area contributed by atoms with Crippen molar-refractivity contribution in [1.29, 1.82) is 0 Å².